The normalized spacial score (nSPS) is 21.1. The van der Waals surface area contributed by atoms with Gasteiger partial charge in [-0.2, -0.15) is 0 Å². The number of nitro benzene ring substituents is 1. The van der Waals surface area contributed by atoms with E-state index in [1.165, 1.54) is 12.1 Å². The second-order valence-corrected chi connectivity index (χ2v) is 6.67. The van der Waals surface area contributed by atoms with E-state index in [4.69, 9.17) is 0 Å². The number of aryl methyl sites for hydroxylation is 1. The highest BCUT2D eigenvalue weighted by Gasteiger charge is 2.29. The number of hydrogen-bond donors (Lipinski definition) is 0. The highest BCUT2D eigenvalue weighted by Crippen LogP contribution is 2.33. The van der Waals surface area contributed by atoms with Gasteiger partial charge in [-0.3, -0.25) is 14.9 Å². The highest BCUT2D eigenvalue weighted by atomic mass is 79.9. The number of carbonyl (C=O) groups excluding carboxylic acids is 1. The molecule has 1 fully saturated rings. The van der Waals surface area contributed by atoms with Crippen molar-refractivity contribution in [3.8, 4) is 0 Å². The summed E-state index contributed by atoms with van der Waals surface area (Å²) in [5.74, 6) is 0.466. The summed E-state index contributed by atoms with van der Waals surface area (Å²) >= 11 is 3.54. The van der Waals surface area contributed by atoms with Gasteiger partial charge in [0, 0.05) is 35.6 Å². The molecule has 1 saturated carbocycles. The fourth-order valence-corrected chi connectivity index (χ4v) is 3.54. The molecule has 0 atom stereocenters. The molecular formula is C14H17BrN2O3. The van der Waals surface area contributed by atoms with Crippen molar-refractivity contribution in [3.63, 3.8) is 0 Å². The molecule has 6 heteroatoms. The van der Waals surface area contributed by atoms with Crippen molar-refractivity contribution < 1.29 is 9.72 Å². The first-order chi connectivity index (χ1) is 9.38. The minimum Gasteiger partial charge on any atom is -0.341 e. The highest BCUT2D eigenvalue weighted by molar-refractivity contribution is 9.09. The van der Waals surface area contributed by atoms with Crippen molar-refractivity contribution in [2.45, 2.75) is 24.6 Å². The molecule has 1 aromatic rings. The Morgan fingerprint density at radius 1 is 1.50 bits per heavy atom. The van der Waals surface area contributed by atoms with Crippen LogP contribution in [0.3, 0.4) is 0 Å². The second kappa shape index (κ2) is 5.91. The molecule has 1 aliphatic carbocycles. The summed E-state index contributed by atoms with van der Waals surface area (Å²) in [7, 11) is 1.78. The molecule has 0 unspecified atom stereocenters. The Labute approximate surface area is 126 Å². The lowest BCUT2D eigenvalue weighted by Gasteiger charge is -2.34. The minimum absolute atomic E-state index is 0.0466. The molecule has 1 aromatic carbocycles. The molecule has 0 bridgehead atoms. The fourth-order valence-electron chi connectivity index (χ4n) is 2.49. The first kappa shape index (κ1) is 15.0. The molecule has 0 N–H and O–H groups in total. The Bertz CT molecular complexity index is 541. The van der Waals surface area contributed by atoms with E-state index in [0.29, 0.717) is 21.9 Å². The van der Waals surface area contributed by atoms with E-state index in [2.05, 4.69) is 15.9 Å². The lowest BCUT2D eigenvalue weighted by atomic mass is 9.85. The van der Waals surface area contributed by atoms with E-state index in [1.807, 2.05) is 0 Å². The Balaban J connectivity index is 2.05. The van der Waals surface area contributed by atoms with Crippen LogP contribution < -0.4 is 0 Å². The molecule has 0 aromatic heterocycles. The molecule has 0 saturated heterocycles. The van der Waals surface area contributed by atoms with Gasteiger partial charge in [-0.1, -0.05) is 15.9 Å². The summed E-state index contributed by atoms with van der Waals surface area (Å²) in [6.45, 7) is 2.38. The van der Waals surface area contributed by atoms with Crippen LogP contribution in [0.25, 0.3) is 0 Å². The number of nitrogens with zero attached hydrogens (tertiary/aromatic N) is 2. The third kappa shape index (κ3) is 3.17. The quantitative estimate of drug-likeness (QED) is 0.480. The number of halogens is 1. The third-order valence-electron chi connectivity index (χ3n) is 3.70. The van der Waals surface area contributed by atoms with Crippen LogP contribution in [0.5, 0.6) is 0 Å². The van der Waals surface area contributed by atoms with Crippen LogP contribution in [0.1, 0.15) is 28.8 Å². The smallest absolute Gasteiger partial charge is 0.272 e. The molecular weight excluding hydrogens is 324 g/mol. The first-order valence-corrected chi connectivity index (χ1v) is 7.44. The van der Waals surface area contributed by atoms with Crippen LogP contribution in [0.2, 0.25) is 0 Å². The van der Waals surface area contributed by atoms with E-state index < -0.39 is 4.92 Å². The van der Waals surface area contributed by atoms with Gasteiger partial charge >= 0.3 is 0 Å². The van der Waals surface area contributed by atoms with E-state index in [1.54, 1.807) is 24.9 Å². The topological polar surface area (TPSA) is 63.5 Å². The van der Waals surface area contributed by atoms with Gasteiger partial charge in [0.05, 0.1) is 4.92 Å². The average Bonchev–Trinajstić information content (AvgIpc) is 2.35. The standard InChI is InChI=1S/C14H17BrN2O3/c1-9-5-11(3-4-13(9)17(19)20)14(18)16(2)8-10-6-12(15)7-10/h3-5,10,12H,6-8H2,1-2H3. The summed E-state index contributed by atoms with van der Waals surface area (Å²) in [5.41, 5.74) is 1.06. The van der Waals surface area contributed by atoms with Crippen LogP contribution in [-0.4, -0.2) is 34.2 Å². The Kier molecular flexibility index (Phi) is 4.42. The molecule has 0 aliphatic heterocycles. The molecule has 0 radical (unpaired) electrons. The molecule has 0 heterocycles. The molecule has 20 heavy (non-hydrogen) atoms. The van der Waals surface area contributed by atoms with Crippen molar-refractivity contribution >= 4 is 27.5 Å². The second-order valence-electron chi connectivity index (χ2n) is 5.38. The molecule has 1 amide bonds. The summed E-state index contributed by atoms with van der Waals surface area (Å²) < 4.78 is 0. The van der Waals surface area contributed by atoms with Crippen LogP contribution in [0.4, 0.5) is 5.69 Å². The molecule has 5 nitrogen and oxygen atoms in total. The Hall–Kier alpha value is -1.43. The molecule has 2 rings (SSSR count). The minimum atomic E-state index is -0.433. The monoisotopic (exact) mass is 340 g/mol. The summed E-state index contributed by atoms with van der Waals surface area (Å²) in [4.78, 5) is 24.9. The average molecular weight is 341 g/mol. The number of nitro groups is 1. The maximum Gasteiger partial charge on any atom is 0.272 e. The zero-order valence-corrected chi connectivity index (χ0v) is 13.1. The zero-order valence-electron chi connectivity index (χ0n) is 11.5. The van der Waals surface area contributed by atoms with Crippen LogP contribution in [0.15, 0.2) is 18.2 Å². The maximum atomic E-state index is 12.3. The number of benzene rings is 1. The SMILES string of the molecule is Cc1cc(C(=O)N(C)CC2CC(Br)C2)ccc1[N+](=O)[O-]. The van der Waals surface area contributed by atoms with Gasteiger partial charge in [0.1, 0.15) is 0 Å². The van der Waals surface area contributed by atoms with E-state index >= 15 is 0 Å². The van der Waals surface area contributed by atoms with E-state index in [0.717, 1.165) is 19.4 Å². The van der Waals surface area contributed by atoms with Crippen LogP contribution >= 0.6 is 15.9 Å². The predicted octanol–water partition coefficient (Wildman–Crippen LogP) is 3.15. The summed E-state index contributed by atoms with van der Waals surface area (Å²) in [6.07, 6.45) is 2.19. The third-order valence-corrected chi connectivity index (χ3v) is 4.45. The van der Waals surface area contributed by atoms with Crippen LogP contribution in [0, 0.1) is 23.0 Å². The van der Waals surface area contributed by atoms with Gasteiger partial charge in [-0.15, -0.1) is 0 Å². The van der Waals surface area contributed by atoms with Gasteiger partial charge in [0.25, 0.3) is 11.6 Å². The first-order valence-electron chi connectivity index (χ1n) is 6.53. The Morgan fingerprint density at radius 3 is 2.65 bits per heavy atom. The number of amides is 1. The summed E-state index contributed by atoms with van der Waals surface area (Å²) in [5, 5.41) is 10.8. The zero-order chi connectivity index (χ0) is 14.9. The van der Waals surface area contributed by atoms with Gasteiger partial charge < -0.3 is 4.90 Å². The Morgan fingerprint density at radius 2 is 2.15 bits per heavy atom. The number of alkyl halides is 1. The van der Waals surface area contributed by atoms with Crippen molar-refractivity contribution in [1.82, 2.24) is 4.90 Å². The fraction of sp³-hybridized carbons (Fsp3) is 0.500. The van der Waals surface area contributed by atoms with Gasteiger partial charge in [0.2, 0.25) is 0 Å². The van der Waals surface area contributed by atoms with Gasteiger partial charge in [0.15, 0.2) is 0 Å². The lowest BCUT2D eigenvalue weighted by molar-refractivity contribution is -0.385. The summed E-state index contributed by atoms with van der Waals surface area (Å²) in [6, 6.07) is 4.51. The van der Waals surface area contributed by atoms with Crippen molar-refractivity contribution in [2.24, 2.45) is 5.92 Å². The number of carbonyl (C=O) groups is 1. The number of rotatable bonds is 4. The van der Waals surface area contributed by atoms with Crippen molar-refractivity contribution in [3.05, 3.63) is 39.4 Å². The van der Waals surface area contributed by atoms with Crippen molar-refractivity contribution in [1.29, 1.82) is 0 Å². The van der Waals surface area contributed by atoms with E-state index in [9.17, 15) is 14.9 Å². The van der Waals surface area contributed by atoms with Crippen LogP contribution in [-0.2, 0) is 0 Å². The van der Waals surface area contributed by atoms with Crippen molar-refractivity contribution in [2.75, 3.05) is 13.6 Å². The van der Waals surface area contributed by atoms with Gasteiger partial charge in [-0.25, -0.2) is 0 Å². The van der Waals surface area contributed by atoms with E-state index in [-0.39, 0.29) is 11.6 Å². The lowest BCUT2D eigenvalue weighted by Crippen LogP contribution is -2.37. The molecule has 1 aliphatic rings. The maximum absolute atomic E-state index is 12.3. The van der Waals surface area contributed by atoms with Gasteiger partial charge in [-0.05, 0) is 37.8 Å². The molecule has 0 spiro atoms. The molecule has 108 valence electrons. The predicted molar refractivity (Wildman–Crippen MR) is 80.2 cm³/mol. The number of hydrogen-bond acceptors (Lipinski definition) is 3. The largest absolute Gasteiger partial charge is 0.341 e.